The zero-order valence-electron chi connectivity index (χ0n) is 12.4. The maximum Gasteiger partial charge on any atom is 0.330 e. The van der Waals surface area contributed by atoms with Crippen molar-refractivity contribution in [3.63, 3.8) is 0 Å². The molecule has 9 nitrogen and oxygen atoms in total. The van der Waals surface area contributed by atoms with E-state index in [1.165, 1.54) is 0 Å². The van der Waals surface area contributed by atoms with Gasteiger partial charge in [0.05, 0.1) is 23.0 Å². The van der Waals surface area contributed by atoms with Crippen molar-refractivity contribution in [1.82, 2.24) is 5.32 Å². The van der Waals surface area contributed by atoms with Crippen molar-refractivity contribution in [2.24, 2.45) is 23.5 Å². The Morgan fingerprint density at radius 3 is 2.13 bits per heavy atom. The molecule has 0 spiro atoms. The van der Waals surface area contributed by atoms with Crippen LogP contribution in [-0.4, -0.2) is 59.1 Å². The molecule has 0 aromatic carbocycles. The summed E-state index contributed by atoms with van der Waals surface area (Å²) in [4.78, 5) is 34.8. The maximum absolute atomic E-state index is 12.1. The quantitative estimate of drug-likeness (QED) is 0.452. The van der Waals surface area contributed by atoms with Crippen LogP contribution in [0.4, 0.5) is 0 Å². The molecule has 0 aromatic rings. The predicted octanol–water partition coefficient (Wildman–Crippen LogP) is -1.54. The van der Waals surface area contributed by atoms with Gasteiger partial charge in [0.25, 0.3) is 0 Å². The Bertz CT molecular complexity index is 650. The minimum absolute atomic E-state index is 0. The SMILES string of the molecule is CC(C)[C@H](N)C(=O)N[C@@]1(C(=O)O)CS(=O)(=O)[C@H]2[C@H](C(=O)O)[C@H]21.Cl. The lowest BCUT2D eigenvalue weighted by Gasteiger charge is -2.29. The fourth-order valence-electron chi connectivity index (χ4n) is 3.10. The summed E-state index contributed by atoms with van der Waals surface area (Å²) in [5, 5.41) is 19.4. The first-order valence-corrected chi connectivity index (χ1v) is 8.42. The van der Waals surface area contributed by atoms with Gasteiger partial charge in [-0.25, -0.2) is 13.2 Å². The molecule has 11 heteroatoms. The first-order chi connectivity index (χ1) is 9.95. The maximum atomic E-state index is 12.1. The number of carbonyl (C=O) groups is 3. The van der Waals surface area contributed by atoms with Crippen molar-refractivity contribution in [2.45, 2.75) is 30.7 Å². The van der Waals surface area contributed by atoms with E-state index in [1.807, 2.05) is 0 Å². The van der Waals surface area contributed by atoms with Gasteiger partial charge in [-0.1, -0.05) is 13.8 Å². The van der Waals surface area contributed by atoms with Crippen LogP contribution in [0.2, 0.25) is 0 Å². The number of hydrogen-bond acceptors (Lipinski definition) is 6. The smallest absolute Gasteiger partial charge is 0.330 e. The second kappa shape index (κ2) is 5.91. The Balaban J connectivity index is 0.00000264. The molecule has 0 bridgehead atoms. The Kier molecular flexibility index (Phi) is 5.05. The molecule has 0 aromatic heterocycles. The zero-order valence-corrected chi connectivity index (χ0v) is 14.1. The third-order valence-corrected chi connectivity index (χ3v) is 6.67. The lowest BCUT2D eigenvalue weighted by atomic mass is 9.92. The molecule has 132 valence electrons. The molecule has 0 unspecified atom stereocenters. The van der Waals surface area contributed by atoms with Crippen molar-refractivity contribution in [3.8, 4) is 0 Å². The van der Waals surface area contributed by atoms with E-state index in [2.05, 4.69) is 5.32 Å². The summed E-state index contributed by atoms with van der Waals surface area (Å²) in [5.74, 6) is -7.33. The van der Waals surface area contributed by atoms with E-state index in [1.54, 1.807) is 13.8 Å². The summed E-state index contributed by atoms with van der Waals surface area (Å²) in [7, 11) is -3.91. The van der Waals surface area contributed by atoms with E-state index in [9.17, 15) is 27.9 Å². The van der Waals surface area contributed by atoms with Gasteiger partial charge >= 0.3 is 11.9 Å². The number of rotatable bonds is 5. The highest BCUT2D eigenvalue weighted by Gasteiger charge is 2.79. The highest BCUT2D eigenvalue weighted by Crippen LogP contribution is 2.57. The number of hydrogen-bond donors (Lipinski definition) is 4. The van der Waals surface area contributed by atoms with Gasteiger partial charge in [-0.15, -0.1) is 12.4 Å². The lowest BCUT2D eigenvalue weighted by molar-refractivity contribution is -0.148. The number of fused-ring (bicyclic) bond motifs is 1. The molecule has 23 heavy (non-hydrogen) atoms. The molecule has 1 amide bonds. The molecular weight excluding hydrogens is 352 g/mol. The van der Waals surface area contributed by atoms with Gasteiger partial charge in [0.2, 0.25) is 5.91 Å². The fourth-order valence-corrected chi connectivity index (χ4v) is 5.81. The van der Waals surface area contributed by atoms with E-state index in [-0.39, 0.29) is 18.3 Å². The normalized spacial score (nSPS) is 34.9. The fraction of sp³-hybridized carbons (Fsp3) is 0.750. The number of nitrogens with one attached hydrogen (secondary N) is 1. The number of amides is 1. The number of halogens is 1. The number of aliphatic carboxylic acids is 2. The van der Waals surface area contributed by atoms with Crippen molar-refractivity contribution < 1.29 is 33.0 Å². The van der Waals surface area contributed by atoms with Crippen LogP contribution < -0.4 is 11.1 Å². The summed E-state index contributed by atoms with van der Waals surface area (Å²) >= 11 is 0. The molecule has 1 saturated carbocycles. The van der Waals surface area contributed by atoms with Crippen molar-refractivity contribution in [3.05, 3.63) is 0 Å². The highest BCUT2D eigenvalue weighted by atomic mass is 35.5. The molecule has 1 saturated heterocycles. The second-order valence-corrected chi connectivity index (χ2v) is 8.36. The molecule has 0 radical (unpaired) electrons. The van der Waals surface area contributed by atoms with Crippen LogP contribution in [0, 0.1) is 17.8 Å². The third kappa shape index (κ3) is 2.90. The Morgan fingerprint density at radius 1 is 1.26 bits per heavy atom. The van der Waals surface area contributed by atoms with Crippen LogP contribution in [0.25, 0.3) is 0 Å². The van der Waals surface area contributed by atoms with Crippen LogP contribution in [0.3, 0.4) is 0 Å². The standard InChI is InChI=1S/C12H18N2O7S.ClH/c1-4(2)7(13)9(15)14-12(11(18)19)3-22(20,21)8-5(6(8)12)10(16)17;/h4-8H,3,13H2,1-2H3,(H,14,15)(H,16,17)(H,18,19);1H/t5-,6-,7+,8+,12+;/m1./s1. The minimum atomic E-state index is -3.91. The number of sulfone groups is 1. The predicted molar refractivity (Wildman–Crippen MR) is 80.8 cm³/mol. The molecular formula is C12H19ClN2O7S. The van der Waals surface area contributed by atoms with Gasteiger partial charge in [0.15, 0.2) is 15.4 Å². The average Bonchev–Trinajstić information content (AvgIpc) is 3.08. The van der Waals surface area contributed by atoms with E-state index < -0.39 is 62.1 Å². The third-order valence-electron chi connectivity index (χ3n) is 4.40. The van der Waals surface area contributed by atoms with E-state index in [4.69, 9.17) is 10.8 Å². The highest BCUT2D eigenvalue weighted by molar-refractivity contribution is 7.92. The first kappa shape index (κ1) is 19.7. The zero-order chi connectivity index (χ0) is 17.0. The van der Waals surface area contributed by atoms with Gasteiger partial charge in [-0.2, -0.15) is 0 Å². The minimum Gasteiger partial charge on any atom is -0.481 e. The topological polar surface area (TPSA) is 164 Å². The molecule has 5 atom stereocenters. The lowest BCUT2D eigenvalue weighted by Crippen LogP contribution is -2.62. The molecule has 5 N–H and O–H groups in total. The van der Waals surface area contributed by atoms with Crippen LogP contribution in [0.5, 0.6) is 0 Å². The molecule has 1 heterocycles. The summed E-state index contributed by atoms with van der Waals surface area (Å²) in [6.45, 7) is 3.31. The van der Waals surface area contributed by atoms with Gasteiger partial charge in [0, 0.05) is 5.92 Å². The van der Waals surface area contributed by atoms with Crippen LogP contribution in [-0.2, 0) is 24.2 Å². The summed E-state index contributed by atoms with van der Waals surface area (Å²) in [6.07, 6.45) is 0. The molecule has 1 aliphatic carbocycles. The number of carbonyl (C=O) groups excluding carboxylic acids is 1. The van der Waals surface area contributed by atoms with E-state index >= 15 is 0 Å². The summed E-state index contributed by atoms with van der Waals surface area (Å²) in [6, 6.07) is -1.01. The largest absolute Gasteiger partial charge is 0.481 e. The molecule has 2 rings (SSSR count). The van der Waals surface area contributed by atoms with Gasteiger partial charge in [-0.3, -0.25) is 9.59 Å². The van der Waals surface area contributed by atoms with Gasteiger partial charge in [-0.05, 0) is 5.92 Å². The van der Waals surface area contributed by atoms with Crippen LogP contribution in [0.15, 0.2) is 0 Å². The monoisotopic (exact) mass is 370 g/mol. The van der Waals surface area contributed by atoms with E-state index in [0.29, 0.717) is 0 Å². The summed E-state index contributed by atoms with van der Waals surface area (Å²) in [5.41, 5.74) is 3.52. The van der Waals surface area contributed by atoms with Crippen LogP contribution in [0.1, 0.15) is 13.8 Å². The Morgan fingerprint density at radius 2 is 1.78 bits per heavy atom. The van der Waals surface area contributed by atoms with Gasteiger partial charge in [0.1, 0.15) is 0 Å². The van der Waals surface area contributed by atoms with E-state index in [0.717, 1.165) is 0 Å². The van der Waals surface area contributed by atoms with Crippen molar-refractivity contribution >= 4 is 40.1 Å². The second-order valence-electron chi connectivity index (χ2n) is 6.20. The van der Waals surface area contributed by atoms with Gasteiger partial charge < -0.3 is 21.3 Å². The molecule has 1 aliphatic heterocycles. The summed E-state index contributed by atoms with van der Waals surface area (Å²) < 4.78 is 24.0. The Hall–Kier alpha value is -1.39. The van der Waals surface area contributed by atoms with Crippen molar-refractivity contribution in [1.29, 1.82) is 0 Å². The van der Waals surface area contributed by atoms with Crippen molar-refractivity contribution in [2.75, 3.05) is 5.75 Å². The Labute approximate surface area is 138 Å². The molecule has 2 aliphatic rings. The number of carboxylic acid groups (broad SMARTS) is 2. The average molecular weight is 371 g/mol. The first-order valence-electron chi connectivity index (χ1n) is 6.71. The van der Waals surface area contributed by atoms with Crippen LogP contribution >= 0.6 is 12.4 Å². The number of carboxylic acids is 2. The molecule has 2 fully saturated rings. The number of nitrogens with two attached hydrogens (primary N) is 1.